The van der Waals surface area contributed by atoms with Gasteiger partial charge in [0.1, 0.15) is 11.8 Å². The smallest absolute Gasteiger partial charge is 0.255 e. The highest BCUT2D eigenvalue weighted by Crippen LogP contribution is 2.26. The monoisotopic (exact) mass is 449 g/mol. The van der Waals surface area contributed by atoms with Crippen LogP contribution in [0, 0.1) is 6.92 Å². The molecular formula is C20H23N3O5S2. The number of ether oxygens (including phenoxy) is 1. The van der Waals surface area contributed by atoms with Crippen molar-refractivity contribution in [3.8, 4) is 5.75 Å². The van der Waals surface area contributed by atoms with Gasteiger partial charge in [-0.15, -0.1) is 11.8 Å². The number of benzene rings is 2. The normalized spacial score (nSPS) is 16.2. The molecule has 160 valence electrons. The number of rotatable bonds is 6. The molecule has 1 unspecified atom stereocenters. The number of carbonyl (C=O) groups excluding carboxylic acids is 2. The summed E-state index contributed by atoms with van der Waals surface area (Å²) in [6, 6.07) is 11.1. The second kappa shape index (κ2) is 8.97. The molecule has 0 bridgehead atoms. The molecule has 3 rings (SSSR count). The van der Waals surface area contributed by atoms with Gasteiger partial charge in [0.05, 0.1) is 24.9 Å². The van der Waals surface area contributed by atoms with E-state index in [0.717, 1.165) is 6.26 Å². The van der Waals surface area contributed by atoms with Crippen molar-refractivity contribution in [3.05, 3.63) is 53.6 Å². The highest BCUT2D eigenvalue weighted by molar-refractivity contribution is 7.99. The van der Waals surface area contributed by atoms with Gasteiger partial charge < -0.3 is 15.0 Å². The van der Waals surface area contributed by atoms with Crippen LogP contribution in [0.25, 0.3) is 0 Å². The second-order valence-electron chi connectivity index (χ2n) is 6.91. The molecule has 0 aliphatic carbocycles. The van der Waals surface area contributed by atoms with Crippen molar-refractivity contribution in [3.63, 3.8) is 0 Å². The molecule has 1 fully saturated rings. The van der Waals surface area contributed by atoms with Crippen LogP contribution in [0.1, 0.15) is 15.9 Å². The largest absolute Gasteiger partial charge is 0.497 e. The van der Waals surface area contributed by atoms with Gasteiger partial charge >= 0.3 is 0 Å². The van der Waals surface area contributed by atoms with Crippen LogP contribution in [0.2, 0.25) is 0 Å². The highest BCUT2D eigenvalue weighted by atomic mass is 32.2. The van der Waals surface area contributed by atoms with E-state index in [4.69, 9.17) is 4.74 Å². The summed E-state index contributed by atoms with van der Waals surface area (Å²) in [7, 11) is -1.91. The maximum atomic E-state index is 13.1. The number of carbonyl (C=O) groups is 2. The summed E-state index contributed by atoms with van der Waals surface area (Å²) < 4.78 is 30.7. The Morgan fingerprint density at radius 1 is 1.17 bits per heavy atom. The topological polar surface area (TPSA) is 105 Å². The summed E-state index contributed by atoms with van der Waals surface area (Å²) in [6.45, 7) is 1.75. The lowest BCUT2D eigenvalue weighted by atomic mass is 10.1. The summed E-state index contributed by atoms with van der Waals surface area (Å²) in [5.74, 6) is 0.932. The third-order valence-electron chi connectivity index (χ3n) is 4.58. The van der Waals surface area contributed by atoms with Gasteiger partial charge in [-0.3, -0.25) is 14.3 Å². The number of nitrogens with one attached hydrogen (secondary N) is 2. The van der Waals surface area contributed by atoms with E-state index < -0.39 is 16.1 Å². The Morgan fingerprint density at radius 3 is 2.50 bits per heavy atom. The van der Waals surface area contributed by atoms with Crippen molar-refractivity contribution in [2.24, 2.45) is 0 Å². The Morgan fingerprint density at radius 2 is 1.87 bits per heavy atom. The number of sulfonamides is 1. The lowest BCUT2D eigenvalue weighted by molar-refractivity contribution is -0.119. The van der Waals surface area contributed by atoms with E-state index >= 15 is 0 Å². The first-order valence-electron chi connectivity index (χ1n) is 9.10. The number of hydrogen-bond donors (Lipinski definition) is 2. The molecule has 2 N–H and O–H groups in total. The number of thioether (sulfide) groups is 1. The van der Waals surface area contributed by atoms with Gasteiger partial charge in [-0.2, -0.15) is 0 Å². The quantitative estimate of drug-likeness (QED) is 0.702. The van der Waals surface area contributed by atoms with Crippen molar-refractivity contribution in [2.45, 2.75) is 13.0 Å². The second-order valence-corrected chi connectivity index (χ2v) is 9.66. The Labute approximate surface area is 180 Å². The SMILES string of the molecule is COc1ccc(NC(=O)C2CSCN2C(=O)c2ccc(C)c(NS(C)(=O)=O)c2)cc1. The van der Waals surface area contributed by atoms with Gasteiger partial charge in [0, 0.05) is 17.0 Å². The molecule has 2 aromatic rings. The third kappa shape index (κ3) is 5.25. The minimum absolute atomic E-state index is 0.278. The molecule has 1 aliphatic heterocycles. The average molecular weight is 450 g/mol. The lowest BCUT2D eigenvalue weighted by Crippen LogP contribution is -2.44. The molecule has 0 radical (unpaired) electrons. The minimum Gasteiger partial charge on any atom is -0.497 e. The van der Waals surface area contributed by atoms with E-state index in [-0.39, 0.29) is 11.8 Å². The average Bonchev–Trinajstić information content (AvgIpc) is 3.18. The van der Waals surface area contributed by atoms with Crippen molar-refractivity contribution < 1.29 is 22.7 Å². The molecule has 2 amide bonds. The Balaban J connectivity index is 1.76. The number of anilines is 2. The van der Waals surface area contributed by atoms with Gasteiger partial charge in [0.25, 0.3) is 5.91 Å². The van der Waals surface area contributed by atoms with Crippen LogP contribution in [0.5, 0.6) is 5.75 Å². The van der Waals surface area contributed by atoms with Crippen LogP contribution in [0.3, 0.4) is 0 Å². The van der Waals surface area contributed by atoms with Crippen LogP contribution in [-0.4, -0.2) is 56.2 Å². The van der Waals surface area contributed by atoms with E-state index in [1.165, 1.54) is 22.7 Å². The minimum atomic E-state index is -3.48. The molecule has 30 heavy (non-hydrogen) atoms. The Kier molecular flexibility index (Phi) is 6.57. The maximum Gasteiger partial charge on any atom is 0.255 e. The van der Waals surface area contributed by atoms with E-state index in [2.05, 4.69) is 10.0 Å². The fourth-order valence-electron chi connectivity index (χ4n) is 2.99. The predicted molar refractivity (Wildman–Crippen MR) is 119 cm³/mol. The van der Waals surface area contributed by atoms with E-state index in [1.54, 1.807) is 50.4 Å². The number of methoxy groups -OCH3 is 1. The van der Waals surface area contributed by atoms with Gasteiger partial charge in [-0.05, 0) is 48.9 Å². The summed E-state index contributed by atoms with van der Waals surface area (Å²) in [4.78, 5) is 27.3. The van der Waals surface area contributed by atoms with Crippen molar-refractivity contribution in [1.29, 1.82) is 0 Å². The predicted octanol–water partition coefficient (Wildman–Crippen LogP) is 2.53. The first-order valence-corrected chi connectivity index (χ1v) is 12.1. The zero-order chi connectivity index (χ0) is 21.9. The zero-order valence-corrected chi connectivity index (χ0v) is 18.5. The molecule has 1 aliphatic rings. The van der Waals surface area contributed by atoms with Crippen molar-refractivity contribution in [2.75, 3.05) is 35.0 Å². The maximum absolute atomic E-state index is 13.1. The molecule has 0 aromatic heterocycles. The summed E-state index contributed by atoms with van der Waals surface area (Å²) in [5.41, 5.74) is 1.97. The van der Waals surface area contributed by atoms with Crippen LogP contribution in [0.4, 0.5) is 11.4 Å². The standard InChI is InChI=1S/C20H23N3O5S2/c1-13-4-5-14(10-17(13)22-30(3,26)27)20(25)23-12-29-11-18(23)19(24)21-15-6-8-16(28-2)9-7-15/h4-10,18,22H,11-12H2,1-3H3,(H,21,24). The summed E-state index contributed by atoms with van der Waals surface area (Å²) >= 11 is 1.49. The van der Waals surface area contributed by atoms with Crippen LogP contribution >= 0.6 is 11.8 Å². The van der Waals surface area contributed by atoms with Gasteiger partial charge in [-0.1, -0.05) is 6.07 Å². The first kappa shape index (κ1) is 22.0. The lowest BCUT2D eigenvalue weighted by Gasteiger charge is -2.23. The van der Waals surface area contributed by atoms with Gasteiger partial charge in [0.15, 0.2) is 0 Å². The molecule has 1 saturated heterocycles. The first-order chi connectivity index (χ1) is 14.2. The molecule has 1 heterocycles. The summed E-state index contributed by atoms with van der Waals surface area (Å²) in [6.07, 6.45) is 1.05. The fraction of sp³-hybridized carbons (Fsp3) is 0.300. The van der Waals surface area contributed by atoms with E-state index in [1.807, 2.05) is 0 Å². The van der Waals surface area contributed by atoms with Gasteiger partial charge in [-0.25, -0.2) is 8.42 Å². The Hall–Kier alpha value is -2.72. The summed E-state index contributed by atoms with van der Waals surface area (Å²) in [5, 5.41) is 2.83. The Bertz CT molecular complexity index is 1050. The number of aryl methyl sites for hydroxylation is 1. The zero-order valence-electron chi connectivity index (χ0n) is 16.8. The van der Waals surface area contributed by atoms with Crippen LogP contribution in [0.15, 0.2) is 42.5 Å². The molecule has 10 heteroatoms. The van der Waals surface area contributed by atoms with E-state index in [0.29, 0.717) is 39.9 Å². The third-order valence-corrected chi connectivity index (χ3v) is 6.19. The van der Waals surface area contributed by atoms with Crippen molar-refractivity contribution in [1.82, 2.24) is 4.90 Å². The molecule has 8 nitrogen and oxygen atoms in total. The van der Waals surface area contributed by atoms with Crippen molar-refractivity contribution >= 4 is 45.0 Å². The highest BCUT2D eigenvalue weighted by Gasteiger charge is 2.35. The molecule has 1 atom stereocenters. The molecular weight excluding hydrogens is 426 g/mol. The van der Waals surface area contributed by atoms with E-state index in [9.17, 15) is 18.0 Å². The number of amides is 2. The number of hydrogen-bond acceptors (Lipinski definition) is 6. The number of nitrogens with zero attached hydrogens (tertiary/aromatic N) is 1. The van der Waals surface area contributed by atoms with Crippen LogP contribution < -0.4 is 14.8 Å². The molecule has 2 aromatic carbocycles. The fourth-order valence-corrected chi connectivity index (χ4v) is 4.76. The molecule has 0 saturated carbocycles. The van der Waals surface area contributed by atoms with Crippen LogP contribution in [-0.2, 0) is 14.8 Å². The molecule has 0 spiro atoms. The van der Waals surface area contributed by atoms with Gasteiger partial charge in [0.2, 0.25) is 15.9 Å².